The summed E-state index contributed by atoms with van der Waals surface area (Å²) in [7, 11) is 0. The van der Waals surface area contributed by atoms with Crippen molar-refractivity contribution in [2.45, 2.75) is 38.5 Å². The van der Waals surface area contributed by atoms with Gasteiger partial charge in [0.25, 0.3) is 11.8 Å². The van der Waals surface area contributed by atoms with Crippen LogP contribution < -0.4 is 15.0 Å². The predicted molar refractivity (Wildman–Crippen MR) is 125 cm³/mol. The molecule has 2 unspecified atom stereocenters. The lowest BCUT2D eigenvalue weighted by atomic mass is 9.84. The highest BCUT2D eigenvalue weighted by molar-refractivity contribution is 6.31. The number of nitrogens with one attached hydrogen (secondary N) is 1. The number of benzene rings is 2. The lowest BCUT2D eigenvalue weighted by molar-refractivity contribution is -0.125. The Morgan fingerprint density at radius 1 is 1.12 bits per heavy atom. The molecule has 3 saturated heterocycles. The number of rotatable bonds is 4. The maximum Gasteiger partial charge on any atom is 0.268 e. The summed E-state index contributed by atoms with van der Waals surface area (Å²) in [6.07, 6.45) is 1.50. The van der Waals surface area contributed by atoms with Crippen LogP contribution in [-0.2, 0) is 11.3 Å². The van der Waals surface area contributed by atoms with Gasteiger partial charge in [-0.05, 0) is 68.6 Å². The molecule has 0 spiro atoms. The van der Waals surface area contributed by atoms with Crippen molar-refractivity contribution < 1.29 is 14.3 Å². The second-order valence-corrected chi connectivity index (χ2v) is 9.70. The molecule has 0 aliphatic carbocycles. The Labute approximate surface area is 197 Å². The quantitative estimate of drug-likeness (QED) is 0.724. The molecule has 32 heavy (non-hydrogen) atoms. The van der Waals surface area contributed by atoms with E-state index in [9.17, 15) is 9.59 Å². The van der Waals surface area contributed by atoms with Gasteiger partial charge in [-0.15, -0.1) is 0 Å². The fourth-order valence-corrected chi connectivity index (χ4v) is 5.29. The molecular weight excluding hydrogens is 449 g/mol. The van der Waals surface area contributed by atoms with E-state index >= 15 is 0 Å². The Balaban J connectivity index is 1.46. The van der Waals surface area contributed by atoms with Gasteiger partial charge in [0.15, 0.2) is 11.9 Å². The molecule has 2 atom stereocenters. The number of hydrogen-bond donors (Lipinski definition) is 1. The van der Waals surface area contributed by atoms with Gasteiger partial charge in [-0.2, -0.15) is 0 Å². The van der Waals surface area contributed by atoms with Crippen molar-refractivity contribution in [2.24, 2.45) is 5.92 Å². The van der Waals surface area contributed by atoms with Crippen LogP contribution in [0.25, 0.3) is 0 Å². The minimum atomic E-state index is -0.709. The van der Waals surface area contributed by atoms with E-state index < -0.39 is 6.10 Å². The first-order chi connectivity index (χ1) is 15.4. The molecule has 2 aromatic rings. The summed E-state index contributed by atoms with van der Waals surface area (Å²) in [5, 5.41) is 4.22. The Kier molecular flexibility index (Phi) is 5.78. The SMILES string of the molecule is CC1Oc2c(C(=O)NC3CN4CCC3CC4)cc(Cl)cc2N(Cc2ccc(Cl)cc2)C1=O. The number of nitrogens with zero attached hydrogens (tertiary/aromatic N) is 2. The molecule has 0 radical (unpaired) electrons. The summed E-state index contributed by atoms with van der Waals surface area (Å²) >= 11 is 12.4. The first kappa shape index (κ1) is 21.6. The van der Waals surface area contributed by atoms with Crippen molar-refractivity contribution in [1.82, 2.24) is 10.2 Å². The second kappa shape index (κ2) is 8.58. The molecule has 4 heterocycles. The van der Waals surface area contributed by atoms with Gasteiger partial charge >= 0.3 is 0 Å². The Morgan fingerprint density at radius 2 is 1.84 bits per heavy atom. The molecule has 2 bridgehead atoms. The Morgan fingerprint density at radius 3 is 2.50 bits per heavy atom. The monoisotopic (exact) mass is 473 g/mol. The van der Waals surface area contributed by atoms with Crippen LogP contribution in [0.2, 0.25) is 10.0 Å². The van der Waals surface area contributed by atoms with E-state index in [1.165, 1.54) is 0 Å². The number of amides is 2. The van der Waals surface area contributed by atoms with Gasteiger partial charge in [0, 0.05) is 22.6 Å². The van der Waals surface area contributed by atoms with E-state index in [0.717, 1.165) is 38.0 Å². The average Bonchev–Trinajstić information content (AvgIpc) is 2.79. The summed E-state index contributed by atoms with van der Waals surface area (Å²) in [5.74, 6) is 0.505. The van der Waals surface area contributed by atoms with Crippen LogP contribution in [-0.4, -0.2) is 48.5 Å². The number of anilines is 1. The van der Waals surface area contributed by atoms with Crippen molar-refractivity contribution in [3.8, 4) is 5.75 Å². The van der Waals surface area contributed by atoms with Gasteiger partial charge in [-0.25, -0.2) is 0 Å². The maximum atomic E-state index is 13.3. The van der Waals surface area contributed by atoms with E-state index in [1.54, 1.807) is 36.1 Å². The molecule has 2 amide bonds. The fraction of sp³-hybridized carbons (Fsp3) is 0.417. The van der Waals surface area contributed by atoms with Crippen molar-refractivity contribution in [1.29, 1.82) is 0 Å². The van der Waals surface area contributed by atoms with Crippen molar-refractivity contribution in [2.75, 3.05) is 24.5 Å². The summed E-state index contributed by atoms with van der Waals surface area (Å²) in [4.78, 5) is 30.3. The second-order valence-electron chi connectivity index (χ2n) is 8.83. The number of ether oxygens (including phenoxy) is 1. The first-order valence-electron chi connectivity index (χ1n) is 11.0. The smallest absolute Gasteiger partial charge is 0.268 e. The molecule has 2 aromatic carbocycles. The number of carbonyl (C=O) groups excluding carboxylic acids is 2. The van der Waals surface area contributed by atoms with Gasteiger partial charge in [0.05, 0.1) is 17.8 Å². The zero-order chi connectivity index (χ0) is 22.4. The normalized spacial score (nSPS) is 26.5. The summed E-state index contributed by atoms with van der Waals surface area (Å²) in [6.45, 7) is 5.11. The zero-order valence-electron chi connectivity index (χ0n) is 17.8. The van der Waals surface area contributed by atoms with E-state index in [2.05, 4.69) is 10.2 Å². The van der Waals surface area contributed by atoms with Crippen LogP contribution in [0.15, 0.2) is 36.4 Å². The molecule has 0 saturated carbocycles. The number of fused-ring (bicyclic) bond motifs is 4. The van der Waals surface area contributed by atoms with Gasteiger partial charge < -0.3 is 19.9 Å². The molecule has 1 N–H and O–H groups in total. The lowest BCUT2D eigenvalue weighted by Crippen LogP contribution is -2.57. The third-order valence-electron chi connectivity index (χ3n) is 6.70. The number of piperidine rings is 3. The maximum absolute atomic E-state index is 13.3. The van der Waals surface area contributed by atoms with E-state index in [0.29, 0.717) is 39.5 Å². The molecule has 6 rings (SSSR count). The number of carbonyl (C=O) groups is 2. The zero-order valence-corrected chi connectivity index (χ0v) is 19.3. The molecule has 3 fully saturated rings. The summed E-state index contributed by atoms with van der Waals surface area (Å²) in [5.41, 5.74) is 1.79. The van der Waals surface area contributed by atoms with Gasteiger partial charge in [0.2, 0.25) is 0 Å². The average molecular weight is 474 g/mol. The summed E-state index contributed by atoms with van der Waals surface area (Å²) < 4.78 is 5.95. The molecule has 168 valence electrons. The highest BCUT2D eigenvalue weighted by atomic mass is 35.5. The van der Waals surface area contributed by atoms with Crippen molar-refractivity contribution in [3.05, 3.63) is 57.6 Å². The summed E-state index contributed by atoms with van der Waals surface area (Å²) in [6, 6.07) is 10.8. The number of hydrogen-bond acceptors (Lipinski definition) is 4. The van der Waals surface area contributed by atoms with Crippen LogP contribution in [0.1, 0.15) is 35.7 Å². The van der Waals surface area contributed by atoms with Crippen LogP contribution in [0.3, 0.4) is 0 Å². The highest BCUT2D eigenvalue weighted by Crippen LogP contribution is 2.41. The Bertz CT molecular complexity index is 1050. The molecule has 4 aliphatic rings. The fourth-order valence-electron chi connectivity index (χ4n) is 4.95. The van der Waals surface area contributed by atoms with Gasteiger partial charge in [0.1, 0.15) is 0 Å². The Hall–Kier alpha value is -2.28. The van der Waals surface area contributed by atoms with Crippen LogP contribution in [0.5, 0.6) is 5.75 Å². The molecule has 4 aliphatic heterocycles. The molecule has 8 heteroatoms. The van der Waals surface area contributed by atoms with E-state index in [1.807, 2.05) is 12.1 Å². The topological polar surface area (TPSA) is 61.9 Å². The largest absolute Gasteiger partial charge is 0.478 e. The van der Waals surface area contributed by atoms with Gasteiger partial charge in [-0.1, -0.05) is 35.3 Å². The lowest BCUT2D eigenvalue weighted by Gasteiger charge is -2.45. The standard InChI is InChI=1S/C24H25Cl2N3O3/c1-14-24(31)29(12-15-2-4-17(25)5-3-15)21-11-18(26)10-19(22(21)32-14)23(30)27-20-13-28-8-6-16(20)7-9-28/h2-5,10-11,14,16,20H,6-9,12-13H2,1H3,(H,27,30). The molecule has 0 aromatic heterocycles. The van der Waals surface area contributed by atoms with Crippen LogP contribution in [0, 0.1) is 5.92 Å². The predicted octanol–water partition coefficient (Wildman–Crippen LogP) is 4.13. The first-order valence-corrected chi connectivity index (χ1v) is 11.7. The molecular formula is C24H25Cl2N3O3. The number of halogens is 2. The minimum Gasteiger partial charge on any atom is -0.478 e. The van der Waals surface area contributed by atoms with Crippen molar-refractivity contribution >= 4 is 40.7 Å². The third kappa shape index (κ3) is 4.07. The third-order valence-corrected chi connectivity index (χ3v) is 7.17. The van der Waals surface area contributed by atoms with Crippen LogP contribution in [0.4, 0.5) is 5.69 Å². The van der Waals surface area contributed by atoms with E-state index in [-0.39, 0.29) is 17.9 Å². The van der Waals surface area contributed by atoms with E-state index in [4.69, 9.17) is 27.9 Å². The minimum absolute atomic E-state index is 0.118. The highest BCUT2D eigenvalue weighted by Gasteiger charge is 2.38. The van der Waals surface area contributed by atoms with Crippen molar-refractivity contribution in [3.63, 3.8) is 0 Å². The van der Waals surface area contributed by atoms with Gasteiger partial charge in [-0.3, -0.25) is 9.59 Å². The van der Waals surface area contributed by atoms with Crippen LogP contribution >= 0.6 is 23.2 Å². The molecule has 6 nitrogen and oxygen atoms in total.